The van der Waals surface area contributed by atoms with E-state index < -0.39 is 0 Å². The minimum Gasteiger partial charge on any atom is -0.325 e. The Bertz CT molecular complexity index is 682. The highest BCUT2D eigenvalue weighted by Gasteiger charge is 2.15. The van der Waals surface area contributed by atoms with Crippen molar-refractivity contribution < 1.29 is 9.18 Å². The average molecular weight is 314 g/mol. The van der Waals surface area contributed by atoms with E-state index in [0.717, 1.165) is 16.8 Å². The summed E-state index contributed by atoms with van der Waals surface area (Å²) in [7, 11) is 1.88. The molecule has 2 aromatic rings. The van der Waals surface area contributed by atoms with Crippen LogP contribution in [0.2, 0.25) is 0 Å². The molecule has 1 unspecified atom stereocenters. The lowest BCUT2D eigenvalue weighted by Crippen LogP contribution is -2.32. The van der Waals surface area contributed by atoms with Crippen LogP contribution in [0.1, 0.15) is 29.7 Å². The zero-order chi connectivity index (χ0) is 17.0. The lowest BCUT2D eigenvalue weighted by atomic mass is 10.1. The first kappa shape index (κ1) is 17.2. The van der Waals surface area contributed by atoms with Crippen LogP contribution in [0, 0.1) is 19.7 Å². The van der Waals surface area contributed by atoms with Gasteiger partial charge in [0, 0.05) is 11.7 Å². The molecule has 1 atom stereocenters. The Morgan fingerprint density at radius 1 is 1.13 bits per heavy atom. The zero-order valence-corrected chi connectivity index (χ0v) is 14.1. The summed E-state index contributed by atoms with van der Waals surface area (Å²) in [5.41, 5.74) is 4.13. The van der Waals surface area contributed by atoms with Gasteiger partial charge in [0.25, 0.3) is 0 Å². The van der Waals surface area contributed by atoms with Crippen LogP contribution in [0.5, 0.6) is 0 Å². The first-order valence-corrected chi connectivity index (χ1v) is 7.69. The summed E-state index contributed by atoms with van der Waals surface area (Å²) in [5, 5.41) is 2.92. The van der Waals surface area contributed by atoms with Crippen LogP contribution in [0.3, 0.4) is 0 Å². The number of anilines is 1. The van der Waals surface area contributed by atoms with E-state index in [0.29, 0.717) is 0 Å². The van der Waals surface area contributed by atoms with E-state index in [4.69, 9.17) is 0 Å². The fourth-order valence-corrected chi connectivity index (χ4v) is 2.38. The summed E-state index contributed by atoms with van der Waals surface area (Å²) in [6, 6.07) is 12.3. The van der Waals surface area contributed by atoms with E-state index in [1.54, 1.807) is 12.1 Å². The minimum atomic E-state index is -0.254. The predicted molar refractivity (Wildman–Crippen MR) is 92.0 cm³/mol. The number of benzene rings is 2. The van der Waals surface area contributed by atoms with Gasteiger partial charge in [-0.1, -0.05) is 18.2 Å². The SMILES string of the molecule is Cc1ccc(NC(=O)CN(C)C(C)c2ccc(F)cc2)cc1C. The molecule has 122 valence electrons. The van der Waals surface area contributed by atoms with Gasteiger partial charge in [0.05, 0.1) is 6.54 Å². The summed E-state index contributed by atoms with van der Waals surface area (Å²) in [4.78, 5) is 14.1. The second kappa shape index (κ2) is 7.38. The van der Waals surface area contributed by atoms with E-state index in [1.165, 1.54) is 17.7 Å². The highest BCUT2D eigenvalue weighted by atomic mass is 19.1. The maximum Gasteiger partial charge on any atom is 0.238 e. The van der Waals surface area contributed by atoms with Crippen molar-refractivity contribution in [2.45, 2.75) is 26.8 Å². The molecule has 2 rings (SSSR count). The van der Waals surface area contributed by atoms with Crippen LogP contribution in [0.25, 0.3) is 0 Å². The topological polar surface area (TPSA) is 32.3 Å². The summed E-state index contributed by atoms with van der Waals surface area (Å²) in [6.07, 6.45) is 0. The fourth-order valence-electron chi connectivity index (χ4n) is 2.38. The number of aryl methyl sites for hydroxylation is 2. The monoisotopic (exact) mass is 314 g/mol. The summed E-state index contributed by atoms with van der Waals surface area (Å²) < 4.78 is 13.0. The van der Waals surface area contributed by atoms with Gasteiger partial charge in [-0.2, -0.15) is 0 Å². The third-order valence-electron chi connectivity index (χ3n) is 4.20. The molecule has 2 aromatic carbocycles. The molecular weight excluding hydrogens is 291 g/mol. The van der Waals surface area contributed by atoms with Gasteiger partial charge >= 0.3 is 0 Å². The Kier molecular flexibility index (Phi) is 5.50. The van der Waals surface area contributed by atoms with Gasteiger partial charge in [-0.3, -0.25) is 9.69 Å². The first-order chi connectivity index (χ1) is 10.9. The maximum atomic E-state index is 13.0. The van der Waals surface area contributed by atoms with Crippen LogP contribution in [0.15, 0.2) is 42.5 Å². The molecule has 0 spiro atoms. The molecule has 4 heteroatoms. The highest BCUT2D eigenvalue weighted by molar-refractivity contribution is 5.92. The van der Waals surface area contributed by atoms with E-state index in [-0.39, 0.29) is 24.3 Å². The van der Waals surface area contributed by atoms with Crippen molar-refractivity contribution in [2.75, 3.05) is 18.9 Å². The van der Waals surface area contributed by atoms with Crippen molar-refractivity contribution in [1.82, 2.24) is 4.90 Å². The van der Waals surface area contributed by atoms with Gasteiger partial charge in [0.1, 0.15) is 5.82 Å². The van der Waals surface area contributed by atoms with Crippen molar-refractivity contribution in [1.29, 1.82) is 0 Å². The molecule has 0 aliphatic heterocycles. The second-order valence-electron chi connectivity index (χ2n) is 5.99. The number of nitrogens with zero attached hydrogens (tertiary/aromatic N) is 1. The van der Waals surface area contributed by atoms with Crippen molar-refractivity contribution in [3.8, 4) is 0 Å². The number of rotatable bonds is 5. The Labute approximate surface area is 137 Å². The number of hydrogen-bond donors (Lipinski definition) is 1. The van der Waals surface area contributed by atoms with Crippen LogP contribution < -0.4 is 5.32 Å². The summed E-state index contributed by atoms with van der Waals surface area (Å²) >= 11 is 0. The van der Waals surface area contributed by atoms with Crippen molar-refractivity contribution >= 4 is 11.6 Å². The van der Waals surface area contributed by atoms with E-state index in [2.05, 4.69) is 5.32 Å². The van der Waals surface area contributed by atoms with Crippen molar-refractivity contribution in [3.05, 3.63) is 65.0 Å². The number of likely N-dealkylation sites (N-methyl/N-ethyl adjacent to an activating group) is 1. The van der Waals surface area contributed by atoms with Gasteiger partial charge in [0.2, 0.25) is 5.91 Å². The van der Waals surface area contributed by atoms with Crippen LogP contribution in [-0.2, 0) is 4.79 Å². The normalized spacial score (nSPS) is 12.3. The summed E-state index contributed by atoms with van der Waals surface area (Å²) in [6.45, 7) is 6.33. The van der Waals surface area contributed by atoms with E-state index >= 15 is 0 Å². The first-order valence-electron chi connectivity index (χ1n) is 7.69. The van der Waals surface area contributed by atoms with Gasteiger partial charge in [0.15, 0.2) is 0 Å². The Morgan fingerprint density at radius 3 is 2.39 bits per heavy atom. The number of carbonyl (C=O) groups excluding carboxylic acids is 1. The molecule has 0 heterocycles. The van der Waals surface area contributed by atoms with Crippen LogP contribution in [-0.4, -0.2) is 24.4 Å². The van der Waals surface area contributed by atoms with E-state index in [1.807, 2.05) is 50.9 Å². The highest BCUT2D eigenvalue weighted by Crippen LogP contribution is 2.19. The third kappa shape index (κ3) is 4.63. The number of halogens is 1. The van der Waals surface area contributed by atoms with Gasteiger partial charge in [-0.15, -0.1) is 0 Å². The standard InChI is InChI=1S/C19H23FN2O/c1-13-5-10-18(11-14(13)2)21-19(23)12-22(4)15(3)16-6-8-17(20)9-7-16/h5-11,15H,12H2,1-4H3,(H,21,23). The van der Waals surface area contributed by atoms with Crippen molar-refractivity contribution in [2.24, 2.45) is 0 Å². The lowest BCUT2D eigenvalue weighted by Gasteiger charge is -2.24. The molecule has 0 fully saturated rings. The summed E-state index contributed by atoms with van der Waals surface area (Å²) in [5.74, 6) is -0.319. The Morgan fingerprint density at radius 2 is 1.78 bits per heavy atom. The largest absolute Gasteiger partial charge is 0.325 e. The molecule has 0 aliphatic carbocycles. The molecule has 3 nitrogen and oxygen atoms in total. The van der Waals surface area contributed by atoms with Gasteiger partial charge in [-0.25, -0.2) is 4.39 Å². The number of carbonyl (C=O) groups is 1. The quantitative estimate of drug-likeness (QED) is 0.902. The lowest BCUT2D eigenvalue weighted by molar-refractivity contribution is -0.117. The maximum absolute atomic E-state index is 13.0. The Balaban J connectivity index is 1.95. The number of nitrogens with one attached hydrogen (secondary N) is 1. The smallest absolute Gasteiger partial charge is 0.238 e. The van der Waals surface area contributed by atoms with Gasteiger partial charge < -0.3 is 5.32 Å². The molecule has 23 heavy (non-hydrogen) atoms. The Hall–Kier alpha value is -2.20. The predicted octanol–water partition coefficient (Wildman–Crippen LogP) is 4.07. The number of hydrogen-bond acceptors (Lipinski definition) is 2. The number of amides is 1. The molecule has 1 N–H and O–H groups in total. The second-order valence-corrected chi connectivity index (χ2v) is 5.99. The molecule has 1 amide bonds. The molecule has 0 saturated carbocycles. The zero-order valence-electron chi connectivity index (χ0n) is 14.1. The molecule has 0 bridgehead atoms. The molecule has 0 radical (unpaired) electrons. The molecule has 0 aliphatic rings. The van der Waals surface area contributed by atoms with Crippen molar-refractivity contribution in [3.63, 3.8) is 0 Å². The fraction of sp³-hybridized carbons (Fsp3) is 0.316. The molecule has 0 aromatic heterocycles. The molecular formula is C19H23FN2O. The minimum absolute atomic E-state index is 0.0288. The molecule has 0 saturated heterocycles. The van der Waals surface area contributed by atoms with Crippen LogP contribution in [0.4, 0.5) is 10.1 Å². The van der Waals surface area contributed by atoms with Gasteiger partial charge in [-0.05, 0) is 68.8 Å². The third-order valence-corrected chi connectivity index (χ3v) is 4.20. The average Bonchev–Trinajstić information content (AvgIpc) is 2.51. The van der Waals surface area contributed by atoms with E-state index in [9.17, 15) is 9.18 Å². The van der Waals surface area contributed by atoms with Crippen LogP contribution >= 0.6 is 0 Å².